The Morgan fingerprint density at radius 2 is 1.72 bits per heavy atom. The highest BCUT2D eigenvalue weighted by atomic mass is 16.5. The Morgan fingerprint density at radius 3 is 2.36 bits per heavy atom. The number of hydrogen-bond acceptors (Lipinski definition) is 6. The summed E-state index contributed by atoms with van der Waals surface area (Å²) in [5.41, 5.74) is 1.21. The van der Waals surface area contributed by atoms with Gasteiger partial charge in [0.1, 0.15) is 17.1 Å². The summed E-state index contributed by atoms with van der Waals surface area (Å²) in [7, 11) is 4.45. The third-order valence-electron chi connectivity index (χ3n) is 4.02. The first-order chi connectivity index (χ1) is 12.0. The van der Waals surface area contributed by atoms with E-state index in [9.17, 15) is 9.90 Å². The van der Waals surface area contributed by atoms with E-state index in [1.807, 2.05) is 0 Å². The Labute approximate surface area is 144 Å². The molecular formula is C19H18O6. The third-order valence-corrected chi connectivity index (χ3v) is 4.02. The summed E-state index contributed by atoms with van der Waals surface area (Å²) < 4.78 is 21.6. The molecule has 0 unspecified atom stereocenters. The van der Waals surface area contributed by atoms with Gasteiger partial charge in [-0.05, 0) is 37.3 Å². The molecule has 0 bridgehead atoms. The first-order valence-corrected chi connectivity index (χ1v) is 7.57. The first-order valence-electron chi connectivity index (χ1n) is 7.57. The van der Waals surface area contributed by atoms with Gasteiger partial charge in [0.05, 0.1) is 32.5 Å². The van der Waals surface area contributed by atoms with Crippen molar-refractivity contribution in [2.45, 2.75) is 6.92 Å². The summed E-state index contributed by atoms with van der Waals surface area (Å²) >= 11 is 0. The molecule has 0 atom stereocenters. The van der Waals surface area contributed by atoms with Crippen LogP contribution in [0.2, 0.25) is 0 Å². The largest absolute Gasteiger partial charge is 0.508 e. The predicted octanol–water partition coefficient (Wildman–Crippen LogP) is 3.70. The highest BCUT2D eigenvalue weighted by Crippen LogP contribution is 2.41. The molecule has 1 heterocycles. The highest BCUT2D eigenvalue weighted by Gasteiger charge is 2.26. The lowest BCUT2D eigenvalue weighted by Gasteiger charge is -2.15. The van der Waals surface area contributed by atoms with E-state index in [1.165, 1.54) is 33.5 Å². The summed E-state index contributed by atoms with van der Waals surface area (Å²) in [6.07, 6.45) is 0. The van der Waals surface area contributed by atoms with Crippen molar-refractivity contribution in [2.75, 3.05) is 21.3 Å². The lowest BCUT2D eigenvalue weighted by molar-refractivity contribution is 0.103. The number of aromatic hydroxyl groups is 1. The average Bonchev–Trinajstić information content (AvgIpc) is 2.94. The number of phenolic OH excluding ortho intramolecular Hbond substituents is 1. The summed E-state index contributed by atoms with van der Waals surface area (Å²) in [6.45, 7) is 1.71. The molecule has 0 aliphatic rings. The van der Waals surface area contributed by atoms with Crippen molar-refractivity contribution in [3.05, 3.63) is 47.2 Å². The van der Waals surface area contributed by atoms with Gasteiger partial charge in [-0.15, -0.1) is 0 Å². The molecule has 0 radical (unpaired) electrons. The van der Waals surface area contributed by atoms with Crippen molar-refractivity contribution in [3.63, 3.8) is 0 Å². The number of carbonyl (C=O) groups excluding carboxylic acids is 1. The van der Waals surface area contributed by atoms with Gasteiger partial charge in [0.15, 0.2) is 11.5 Å². The Morgan fingerprint density at radius 1 is 1.00 bits per heavy atom. The van der Waals surface area contributed by atoms with Crippen LogP contribution >= 0.6 is 0 Å². The second-order valence-corrected chi connectivity index (χ2v) is 5.42. The Hall–Kier alpha value is -3.15. The molecule has 0 saturated heterocycles. The fourth-order valence-corrected chi connectivity index (χ4v) is 2.90. The lowest BCUT2D eigenvalue weighted by Crippen LogP contribution is -2.07. The zero-order valence-corrected chi connectivity index (χ0v) is 14.4. The van der Waals surface area contributed by atoms with Crippen molar-refractivity contribution in [2.24, 2.45) is 0 Å². The van der Waals surface area contributed by atoms with Gasteiger partial charge >= 0.3 is 0 Å². The highest BCUT2D eigenvalue weighted by molar-refractivity contribution is 6.18. The number of furan rings is 1. The van der Waals surface area contributed by atoms with E-state index in [-0.39, 0.29) is 17.3 Å². The standard InChI is InChI=1S/C19H18O6/c1-10-16(13-9-11(20)5-7-14(13)25-10)17(21)12-6-8-15(22-2)19(24-4)18(12)23-3/h5-9,20H,1-4H3. The van der Waals surface area contributed by atoms with Crippen LogP contribution in [0, 0.1) is 6.92 Å². The SMILES string of the molecule is COc1ccc(C(=O)c2c(C)oc3ccc(O)cc23)c(OC)c1OC. The summed E-state index contributed by atoms with van der Waals surface area (Å²) in [4.78, 5) is 13.2. The van der Waals surface area contributed by atoms with Crippen molar-refractivity contribution in [1.82, 2.24) is 0 Å². The summed E-state index contributed by atoms with van der Waals surface area (Å²) in [5, 5.41) is 10.3. The van der Waals surface area contributed by atoms with Gasteiger partial charge in [-0.2, -0.15) is 0 Å². The molecule has 0 aliphatic heterocycles. The van der Waals surface area contributed by atoms with Crippen molar-refractivity contribution in [1.29, 1.82) is 0 Å². The monoisotopic (exact) mass is 342 g/mol. The van der Waals surface area contributed by atoms with Gasteiger partial charge in [0.2, 0.25) is 11.5 Å². The molecule has 1 N–H and O–H groups in total. The zero-order chi connectivity index (χ0) is 18.1. The van der Waals surface area contributed by atoms with Gasteiger partial charge < -0.3 is 23.7 Å². The summed E-state index contributed by atoms with van der Waals surface area (Å²) in [6, 6.07) is 7.90. The lowest BCUT2D eigenvalue weighted by atomic mass is 9.99. The van der Waals surface area contributed by atoms with Crippen LogP contribution in [0.3, 0.4) is 0 Å². The van der Waals surface area contributed by atoms with E-state index in [1.54, 1.807) is 25.1 Å². The molecule has 2 aromatic carbocycles. The van der Waals surface area contributed by atoms with Gasteiger partial charge in [-0.1, -0.05) is 0 Å². The number of rotatable bonds is 5. The molecular weight excluding hydrogens is 324 g/mol. The van der Waals surface area contributed by atoms with E-state index in [4.69, 9.17) is 18.6 Å². The maximum atomic E-state index is 13.2. The molecule has 0 saturated carbocycles. The van der Waals surface area contributed by atoms with Gasteiger partial charge in [-0.25, -0.2) is 0 Å². The third kappa shape index (κ3) is 2.65. The van der Waals surface area contributed by atoms with Crippen LogP contribution in [-0.2, 0) is 0 Å². The smallest absolute Gasteiger partial charge is 0.204 e. The Kier molecular flexibility index (Phi) is 4.27. The number of fused-ring (bicyclic) bond motifs is 1. The number of methoxy groups -OCH3 is 3. The number of ketones is 1. The van der Waals surface area contributed by atoms with Gasteiger partial charge in [-0.3, -0.25) is 4.79 Å². The molecule has 6 heteroatoms. The minimum Gasteiger partial charge on any atom is -0.508 e. The number of phenols is 1. The van der Waals surface area contributed by atoms with Crippen molar-refractivity contribution < 1.29 is 28.5 Å². The normalized spacial score (nSPS) is 10.7. The topological polar surface area (TPSA) is 78.1 Å². The molecule has 0 spiro atoms. The molecule has 3 rings (SSSR count). The van der Waals surface area contributed by atoms with E-state index < -0.39 is 0 Å². The minimum absolute atomic E-state index is 0.0571. The van der Waals surface area contributed by atoms with Gasteiger partial charge in [0, 0.05) is 5.39 Å². The molecule has 1 aromatic heterocycles. The molecule has 6 nitrogen and oxygen atoms in total. The fraction of sp³-hybridized carbons (Fsp3) is 0.211. The van der Waals surface area contributed by atoms with E-state index >= 15 is 0 Å². The minimum atomic E-state index is -0.292. The second-order valence-electron chi connectivity index (χ2n) is 5.42. The van der Waals surface area contributed by atoms with Crippen LogP contribution in [0.1, 0.15) is 21.7 Å². The second kappa shape index (κ2) is 6.39. The first kappa shape index (κ1) is 16.7. The van der Waals surface area contributed by atoms with Crippen molar-refractivity contribution >= 4 is 16.8 Å². The zero-order valence-electron chi connectivity index (χ0n) is 14.4. The van der Waals surface area contributed by atoms with E-state index in [2.05, 4.69) is 0 Å². The van der Waals surface area contributed by atoms with Crippen LogP contribution in [0.15, 0.2) is 34.7 Å². The summed E-state index contributed by atoms with van der Waals surface area (Å²) in [5.74, 6) is 1.30. The molecule has 0 aliphatic carbocycles. The van der Waals surface area contributed by atoms with Crippen LogP contribution in [0.25, 0.3) is 11.0 Å². The quantitative estimate of drug-likeness (QED) is 0.712. The van der Waals surface area contributed by atoms with Gasteiger partial charge in [0.25, 0.3) is 0 Å². The maximum Gasteiger partial charge on any atom is 0.204 e. The van der Waals surface area contributed by atoms with Crippen molar-refractivity contribution in [3.8, 4) is 23.0 Å². The van der Waals surface area contributed by atoms with Crippen LogP contribution in [0.5, 0.6) is 23.0 Å². The Balaban J connectivity index is 2.23. The number of carbonyl (C=O) groups is 1. The van der Waals surface area contributed by atoms with E-state index in [0.29, 0.717) is 39.4 Å². The number of hydrogen-bond donors (Lipinski definition) is 1. The number of benzene rings is 2. The van der Waals surface area contributed by atoms with E-state index in [0.717, 1.165) is 0 Å². The molecule has 0 fully saturated rings. The number of ether oxygens (including phenoxy) is 3. The van der Waals surface area contributed by atoms with Crippen LogP contribution < -0.4 is 14.2 Å². The molecule has 3 aromatic rings. The molecule has 0 amide bonds. The molecule has 25 heavy (non-hydrogen) atoms. The fourth-order valence-electron chi connectivity index (χ4n) is 2.90. The number of aryl methyl sites for hydroxylation is 1. The Bertz CT molecular complexity index is 954. The average molecular weight is 342 g/mol. The predicted molar refractivity (Wildman–Crippen MR) is 92.1 cm³/mol. The van der Waals surface area contributed by atoms with Crippen LogP contribution in [0.4, 0.5) is 0 Å². The van der Waals surface area contributed by atoms with Crippen LogP contribution in [-0.4, -0.2) is 32.2 Å². The molecule has 130 valence electrons. The maximum absolute atomic E-state index is 13.2.